The van der Waals surface area contributed by atoms with Crippen LogP contribution in [0.1, 0.15) is 28.4 Å². The van der Waals surface area contributed by atoms with Crippen molar-refractivity contribution in [2.45, 2.75) is 25.7 Å². The van der Waals surface area contributed by atoms with Gasteiger partial charge in [-0.1, -0.05) is 42.5 Å². The van der Waals surface area contributed by atoms with E-state index in [0.717, 1.165) is 59.6 Å². The highest BCUT2D eigenvalue weighted by Crippen LogP contribution is 2.33. The lowest BCUT2D eigenvalue weighted by Crippen LogP contribution is -2.48. The number of amides is 1. The van der Waals surface area contributed by atoms with Crippen molar-refractivity contribution in [1.82, 2.24) is 15.2 Å². The van der Waals surface area contributed by atoms with Crippen molar-refractivity contribution < 1.29 is 4.79 Å². The quantitative estimate of drug-likeness (QED) is 0.530. The van der Waals surface area contributed by atoms with Gasteiger partial charge in [-0.2, -0.15) is 0 Å². The van der Waals surface area contributed by atoms with Crippen LogP contribution in [0.4, 0.5) is 5.13 Å². The number of piperazine rings is 1. The minimum Gasteiger partial charge on any atom is -0.351 e. The highest BCUT2D eigenvalue weighted by Gasteiger charge is 2.21. The Bertz CT molecular complexity index is 1020. The summed E-state index contributed by atoms with van der Waals surface area (Å²) in [5.41, 5.74) is 4.47. The van der Waals surface area contributed by atoms with E-state index in [-0.39, 0.29) is 5.91 Å². The third kappa shape index (κ3) is 5.05. The molecular formula is C24H30N4OS2. The summed E-state index contributed by atoms with van der Waals surface area (Å²) in [6.45, 7) is 11.9. The smallest absolute Gasteiger partial charge is 0.252 e. The number of rotatable bonds is 7. The van der Waals surface area contributed by atoms with Gasteiger partial charge in [0.05, 0.1) is 15.8 Å². The van der Waals surface area contributed by atoms with Crippen LogP contribution >= 0.6 is 23.1 Å². The molecule has 2 heterocycles. The molecule has 1 aliphatic heterocycles. The minimum atomic E-state index is 0.0235. The minimum absolute atomic E-state index is 0.0235. The maximum atomic E-state index is 12.6. The van der Waals surface area contributed by atoms with Gasteiger partial charge in [-0.25, -0.2) is 4.98 Å². The molecule has 0 aliphatic carbocycles. The Morgan fingerprint density at radius 1 is 1.10 bits per heavy atom. The fraction of sp³-hybridized carbons (Fsp3) is 0.417. The van der Waals surface area contributed by atoms with Crippen molar-refractivity contribution >= 4 is 44.4 Å². The lowest BCUT2D eigenvalue weighted by Gasteiger charge is -2.34. The van der Waals surface area contributed by atoms with Crippen LogP contribution in [0.25, 0.3) is 10.2 Å². The van der Waals surface area contributed by atoms with Crippen LogP contribution in [-0.4, -0.2) is 60.8 Å². The zero-order valence-electron chi connectivity index (χ0n) is 18.5. The van der Waals surface area contributed by atoms with E-state index >= 15 is 0 Å². The molecule has 0 radical (unpaired) electrons. The molecule has 5 nitrogen and oxygen atoms in total. The first-order valence-corrected chi connectivity index (χ1v) is 12.7. The van der Waals surface area contributed by atoms with Crippen molar-refractivity contribution in [2.75, 3.05) is 49.9 Å². The summed E-state index contributed by atoms with van der Waals surface area (Å²) in [5, 5.41) is 4.23. The van der Waals surface area contributed by atoms with Crippen LogP contribution in [0.15, 0.2) is 41.3 Å². The molecule has 31 heavy (non-hydrogen) atoms. The standard InChI is InChI=1S/C24H30N4OS2/c1-4-30-20-8-6-5-7-19(20)23(29)25-11-12-27-13-15-28(16-14-27)24-26-21-17(2)9-10-18(3)22(21)31-24/h5-10H,4,11-16H2,1-3H3,(H,25,29). The molecule has 1 aromatic heterocycles. The Kier molecular flexibility index (Phi) is 7.15. The average Bonchev–Trinajstić information content (AvgIpc) is 3.24. The second kappa shape index (κ2) is 10.0. The molecule has 164 valence electrons. The topological polar surface area (TPSA) is 48.5 Å². The fourth-order valence-electron chi connectivity index (χ4n) is 3.90. The predicted octanol–water partition coefficient (Wildman–Crippen LogP) is 4.58. The van der Waals surface area contributed by atoms with Crippen molar-refractivity contribution in [3.05, 3.63) is 53.1 Å². The van der Waals surface area contributed by atoms with Gasteiger partial charge in [-0.05, 0) is 42.9 Å². The Morgan fingerprint density at radius 2 is 1.84 bits per heavy atom. The second-order valence-corrected chi connectivity index (χ2v) is 10.2. The largest absolute Gasteiger partial charge is 0.351 e. The zero-order chi connectivity index (χ0) is 21.8. The van der Waals surface area contributed by atoms with Crippen LogP contribution in [-0.2, 0) is 0 Å². The van der Waals surface area contributed by atoms with E-state index in [4.69, 9.17) is 4.98 Å². The highest BCUT2D eigenvalue weighted by molar-refractivity contribution is 7.99. The summed E-state index contributed by atoms with van der Waals surface area (Å²) in [4.78, 5) is 23.4. The van der Waals surface area contributed by atoms with Gasteiger partial charge in [0.15, 0.2) is 5.13 Å². The highest BCUT2D eigenvalue weighted by atomic mass is 32.2. The maximum absolute atomic E-state index is 12.6. The molecule has 0 unspecified atom stereocenters. The summed E-state index contributed by atoms with van der Waals surface area (Å²) < 4.78 is 1.31. The van der Waals surface area contributed by atoms with Gasteiger partial charge < -0.3 is 10.2 Å². The van der Waals surface area contributed by atoms with E-state index in [0.29, 0.717) is 6.54 Å². The summed E-state index contributed by atoms with van der Waals surface area (Å²) in [5.74, 6) is 0.984. The number of benzene rings is 2. The van der Waals surface area contributed by atoms with E-state index in [2.05, 4.69) is 48.0 Å². The first-order valence-electron chi connectivity index (χ1n) is 10.9. The molecule has 0 saturated carbocycles. The van der Waals surface area contributed by atoms with Crippen molar-refractivity contribution in [2.24, 2.45) is 0 Å². The Morgan fingerprint density at radius 3 is 2.58 bits per heavy atom. The molecule has 1 amide bonds. The number of thioether (sulfide) groups is 1. The van der Waals surface area contributed by atoms with E-state index in [9.17, 15) is 4.79 Å². The first-order chi connectivity index (χ1) is 15.1. The number of aromatic nitrogens is 1. The number of anilines is 1. The first kappa shape index (κ1) is 22.1. The summed E-state index contributed by atoms with van der Waals surface area (Å²) in [6, 6.07) is 12.2. The second-order valence-electron chi connectivity index (χ2n) is 7.89. The van der Waals surface area contributed by atoms with Crippen LogP contribution in [0.5, 0.6) is 0 Å². The number of carbonyl (C=O) groups is 1. The molecule has 7 heteroatoms. The third-order valence-corrected chi connectivity index (χ3v) is 7.93. The number of fused-ring (bicyclic) bond motifs is 1. The van der Waals surface area contributed by atoms with Crippen LogP contribution < -0.4 is 10.2 Å². The third-order valence-electron chi connectivity index (χ3n) is 5.72. The Balaban J connectivity index is 1.28. The Labute approximate surface area is 192 Å². The Hall–Kier alpha value is -2.09. The van der Waals surface area contributed by atoms with E-state index in [1.807, 2.05) is 35.6 Å². The maximum Gasteiger partial charge on any atom is 0.252 e. The SMILES string of the molecule is CCSc1ccccc1C(=O)NCCN1CCN(c2nc3c(C)ccc(C)c3s2)CC1. The number of nitrogens with zero attached hydrogens (tertiary/aromatic N) is 3. The molecule has 1 saturated heterocycles. The molecule has 2 aromatic carbocycles. The predicted molar refractivity (Wildman–Crippen MR) is 133 cm³/mol. The number of carbonyl (C=O) groups excluding carboxylic acids is 1. The molecule has 0 atom stereocenters. The normalized spacial score (nSPS) is 14.9. The number of nitrogens with one attached hydrogen (secondary N) is 1. The van der Waals surface area contributed by atoms with Crippen molar-refractivity contribution in [3.8, 4) is 0 Å². The zero-order valence-corrected chi connectivity index (χ0v) is 20.1. The number of thiazole rings is 1. The van der Waals surface area contributed by atoms with E-state index in [1.54, 1.807) is 11.8 Å². The van der Waals surface area contributed by atoms with Gasteiger partial charge in [-0.3, -0.25) is 9.69 Å². The van der Waals surface area contributed by atoms with Gasteiger partial charge in [0.25, 0.3) is 5.91 Å². The molecule has 0 bridgehead atoms. The van der Waals surface area contributed by atoms with Crippen LogP contribution in [0, 0.1) is 13.8 Å². The monoisotopic (exact) mass is 454 g/mol. The van der Waals surface area contributed by atoms with Gasteiger partial charge in [0.2, 0.25) is 0 Å². The number of hydrogen-bond acceptors (Lipinski definition) is 6. The van der Waals surface area contributed by atoms with Crippen molar-refractivity contribution in [3.63, 3.8) is 0 Å². The van der Waals surface area contributed by atoms with E-state index in [1.165, 1.54) is 15.8 Å². The lowest BCUT2D eigenvalue weighted by atomic mass is 10.1. The molecule has 0 spiro atoms. The molecule has 4 rings (SSSR count). The molecule has 1 aliphatic rings. The van der Waals surface area contributed by atoms with Crippen LogP contribution in [0.2, 0.25) is 0 Å². The number of aryl methyl sites for hydroxylation is 2. The summed E-state index contributed by atoms with van der Waals surface area (Å²) in [7, 11) is 0. The molecule has 3 aromatic rings. The van der Waals surface area contributed by atoms with Gasteiger partial charge in [-0.15, -0.1) is 11.8 Å². The van der Waals surface area contributed by atoms with E-state index < -0.39 is 0 Å². The summed E-state index contributed by atoms with van der Waals surface area (Å²) >= 11 is 3.52. The van der Waals surface area contributed by atoms with Crippen LogP contribution in [0.3, 0.4) is 0 Å². The fourth-order valence-corrected chi connectivity index (χ4v) is 5.87. The van der Waals surface area contributed by atoms with Crippen molar-refractivity contribution in [1.29, 1.82) is 0 Å². The molecule has 1 N–H and O–H groups in total. The summed E-state index contributed by atoms with van der Waals surface area (Å²) in [6.07, 6.45) is 0. The number of hydrogen-bond donors (Lipinski definition) is 1. The molecular weight excluding hydrogens is 424 g/mol. The molecule has 1 fully saturated rings. The lowest BCUT2D eigenvalue weighted by molar-refractivity contribution is 0.0945. The van der Waals surface area contributed by atoms with Gasteiger partial charge in [0.1, 0.15) is 0 Å². The van der Waals surface area contributed by atoms with Gasteiger partial charge >= 0.3 is 0 Å². The van der Waals surface area contributed by atoms with Gasteiger partial charge in [0, 0.05) is 44.2 Å². The average molecular weight is 455 g/mol.